The quantitative estimate of drug-likeness (QED) is 0.728. The highest BCUT2D eigenvalue weighted by Gasteiger charge is 2.38. The topological polar surface area (TPSA) is 38.3 Å². The molecule has 2 unspecified atom stereocenters. The van der Waals surface area contributed by atoms with E-state index in [-0.39, 0.29) is 11.5 Å². The summed E-state index contributed by atoms with van der Waals surface area (Å²) in [5.74, 6) is 1.27. The second kappa shape index (κ2) is 4.97. The fourth-order valence-electron chi connectivity index (χ4n) is 3.06. The van der Waals surface area contributed by atoms with Crippen molar-refractivity contribution < 1.29 is 9.53 Å². The summed E-state index contributed by atoms with van der Waals surface area (Å²) in [4.78, 5) is 11.4. The fraction of sp³-hybridized carbons (Fsp3) is 0.917. The Balaban J connectivity index is 2.69. The molecule has 1 fully saturated rings. The maximum absolute atomic E-state index is 11.4. The molecule has 2 atom stereocenters. The summed E-state index contributed by atoms with van der Waals surface area (Å²) in [6.45, 7) is 4.53. The molecule has 1 aliphatic carbocycles. The highest BCUT2D eigenvalue weighted by Crippen LogP contribution is 2.37. The van der Waals surface area contributed by atoms with Crippen LogP contribution in [0.3, 0.4) is 0 Å². The minimum atomic E-state index is -0.106. The Hall–Kier alpha value is -0.570. The van der Waals surface area contributed by atoms with Crippen LogP contribution in [0.15, 0.2) is 0 Å². The molecule has 1 N–H and O–H groups in total. The van der Waals surface area contributed by atoms with Crippen LogP contribution in [-0.4, -0.2) is 25.7 Å². The van der Waals surface area contributed by atoms with Crippen molar-refractivity contribution >= 4 is 5.97 Å². The standard InChI is InChI=1S/C12H23NO2/c1-9-5-10(2)7-12(6-9,13-3)8-11(14)15-4/h9-10,13H,5-8H2,1-4H3. The van der Waals surface area contributed by atoms with Gasteiger partial charge in [0.1, 0.15) is 0 Å². The van der Waals surface area contributed by atoms with E-state index in [0.29, 0.717) is 18.3 Å². The van der Waals surface area contributed by atoms with Gasteiger partial charge in [-0.3, -0.25) is 4.79 Å². The van der Waals surface area contributed by atoms with Crippen molar-refractivity contribution in [2.45, 2.75) is 45.1 Å². The lowest BCUT2D eigenvalue weighted by atomic mass is 9.70. The molecule has 1 aliphatic rings. The van der Waals surface area contributed by atoms with Gasteiger partial charge in [0.25, 0.3) is 0 Å². The molecule has 0 aliphatic heterocycles. The molecular weight excluding hydrogens is 190 g/mol. The molecule has 0 spiro atoms. The molecule has 3 nitrogen and oxygen atoms in total. The van der Waals surface area contributed by atoms with Gasteiger partial charge >= 0.3 is 5.97 Å². The maximum atomic E-state index is 11.4. The Labute approximate surface area is 92.6 Å². The minimum absolute atomic E-state index is 0.0375. The summed E-state index contributed by atoms with van der Waals surface area (Å²) in [6, 6.07) is 0. The highest BCUT2D eigenvalue weighted by molar-refractivity contribution is 5.70. The van der Waals surface area contributed by atoms with E-state index in [1.807, 2.05) is 7.05 Å². The van der Waals surface area contributed by atoms with Crippen LogP contribution >= 0.6 is 0 Å². The van der Waals surface area contributed by atoms with E-state index in [1.165, 1.54) is 13.5 Å². The number of hydrogen-bond donors (Lipinski definition) is 1. The van der Waals surface area contributed by atoms with Gasteiger partial charge in [-0.25, -0.2) is 0 Å². The second-order valence-electron chi connectivity index (χ2n) is 5.14. The van der Waals surface area contributed by atoms with Crippen LogP contribution in [0.4, 0.5) is 0 Å². The Morgan fingerprint density at radius 2 is 1.93 bits per heavy atom. The molecule has 0 bridgehead atoms. The third kappa shape index (κ3) is 3.20. The third-order valence-electron chi connectivity index (χ3n) is 3.52. The van der Waals surface area contributed by atoms with Crippen molar-refractivity contribution in [2.75, 3.05) is 14.2 Å². The van der Waals surface area contributed by atoms with E-state index >= 15 is 0 Å². The summed E-state index contributed by atoms with van der Waals surface area (Å²) < 4.78 is 4.77. The first-order chi connectivity index (χ1) is 7.01. The molecule has 0 aromatic heterocycles. The molecule has 0 heterocycles. The number of nitrogens with one attached hydrogen (secondary N) is 1. The summed E-state index contributed by atoms with van der Waals surface area (Å²) in [7, 11) is 3.41. The first-order valence-corrected chi connectivity index (χ1v) is 5.77. The van der Waals surface area contributed by atoms with Crippen molar-refractivity contribution in [2.24, 2.45) is 11.8 Å². The van der Waals surface area contributed by atoms with Crippen LogP contribution < -0.4 is 5.32 Å². The summed E-state index contributed by atoms with van der Waals surface area (Å²) in [5.41, 5.74) is -0.0375. The Bertz CT molecular complexity index is 218. The molecule has 0 amide bonds. The lowest BCUT2D eigenvalue weighted by Gasteiger charge is -2.42. The van der Waals surface area contributed by atoms with Gasteiger partial charge in [-0.2, -0.15) is 0 Å². The fourth-order valence-corrected chi connectivity index (χ4v) is 3.06. The van der Waals surface area contributed by atoms with E-state index in [9.17, 15) is 4.79 Å². The van der Waals surface area contributed by atoms with Gasteiger partial charge in [-0.1, -0.05) is 13.8 Å². The number of ether oxygens (including phenoxy) is 1. The summed E-state index contributed by atoms with van der Waals surface area (Å²) >= 11 is 0. The SMILES string of the molecule is CNC1(CC(=O)OC)CC(C)CC(C)C1. The van der Waals surface area contributed by atoms with E-state index < -0.39 is 0 Å². The smallest absolute Gasteiger partial charge is 0.307 e. The van der Waals surface area contributed by atoms with Crippen LogP contribution in [0.2, 0.25) is 0 Å². The van der Waals surface area contributed by atoms with E-state index in [4.69, 9.17) is 4.74 Å². The van der Waals surface area contributed by atoms with Gasteiger partial charge in [0.05, 0.1) is 13.5 Å². The molecule has 3 heteroatoms. The van der Waals surface area contributed by atoms with Gasteiger partial charge in [-0.15, -0.1) is 0 Å². The van der Waals surface area contributed by atoms with Crippen LogP contribution in [0.1, 0.15) is 39.5 Å². The minimum Gasteiger partial charge on any atom is -0.469 e. The molecule has 1 saturated carbocycles. The average molecular weight is 213 g/mol. The van der Waals surface area contributed by atoms with Crippen LogP contribution in [0.5, 0.6) is 0 Å². The highest BCUT2D eigenvalue weighted by atomic mass is 16.5. The number of carbonyl (C=O) groups excluding carboxylic acids is 1. The van der Waals surface area contributed by atoms with Gasteiger partial charge < -0.3 is 10.1 Å². The molecule has 15 heavy (non-hydrogen) atoms. The van der Waals surface area contributed by atoms with Crippen LogP contribution in [0.25, 0.3) is 0 Å². The molecular formula is C12H23NO2. The lowest BCUT2D eigenvalue weighted by Crippen LogP contribution is -2.50. The van der Waals surface area contributed by atoms with E-state index in [1.54, 1.807) is 0 Å². The van der Waals surface area contributed by atoms with Crippen LogP contribution in [-0.2, 0) is 9.53 Å². The van der Waals surface area contributed by atoms with E-state index in [2.05, 4.69) is 19.2 Å². The monoisotopic (exact) mass is 213 g/mol. The molecule has 1 rings (SSSR count). The zero-order chi connectivity index (χ0) is 11.5. The van der Waals surface area contributed by atoms with Crippen molar-refractivity contribution in [1.82, 2.24) is 5.32 Å². The normalized spacial score (nSPS) is 36.3. The van der Waals surface area contributed by atoms with Crippen molar-refractivity contribution in [3.05, 3.63) is 0 Å². The van der Waals surface area contributed by atoms with Crippen molar-refractivity contribution in [3.8, 4) is 0 Å². The number of hydrogen-bond acceptors (Lipinski definition) is 3. The van der Waals surface area contributed by atoms with E-state index in [0.717, 1.165) is 12.8 Å². The third-order valence-corrected chi connectivity index (χ3v) is 3.52. The van der Waals surface area contributed by atoms with Gasteiger partial charge in [0.15, 0.2) is 0 Å². The molecule has 0 aromatic rings. The Morgan fingerprint density at radius 1 is 1.40 bits per heavy atom. The zero-order valence-corrected chi connectivity index (χ0v) is 10.3. The maximum Gasteiger partial charge on any atom is 0.307 e. The molecule has 0 radical (unpaired) electrons. The molecule has 0 aromatic carbocycles. The number of methoxy groups -OCH3 is 1. The second-order valence-corrected chi connectivity index (χ2v) is 5.14. The predicted octanol–water partition coefficient (Wildman–Crippen LogP) is 1.96. The zero-order valence-electron chi connectivity index (χ0n) is 10.3. The van der Waals surface area contributed by atoms with Gasteiger partial charge in [0.2, 0.25) is 0 Å². The number of esters is 1. The average Bonchev–Trinajstić information content (AvgIpc) is 2.16. The van der Waals surface area contributed by atoms with Crippen molar-refractivity contribution in [1.29, 1.82) is 0 Å². The summed E-state index contributed by atoms with van der Waals surface area (Å²) in [6.07, 6.45) is 3.91. The van der Waals surface area contributed by atoms with Crippen molar-refractivity contribution in [3.63, 3.8) is 0 Å². The first-order valence-electron chi connectivity index (χ1n) is 5.77. The Morgan fingerprint density at radius 3 is 2.33 bits per heavy atom. The largest absolute Gasteiger partial charge is 0.469 e. The number of carbonyl (C=O) groups is 1. The van der Waals surface area contributed by atoms with Gasteiger partial charge in [-0.05, 0) is 38.1 Å². The Kier molecular flexibility index (Phi) is 4.14. The summed E-state index contributed by atoms with van der Waals surface area (Å²) in [5, 5.41) is 3.34. The molecule has 88 valence electrons. The predicted molar refractivity (Wildman–Crippen MR) is 60.6 cm³/mol. The lowest BCUT2D eigenvalue weighted by molar-refractivity contribution is -0.143. The van der Waals surface area contributed by atoms with Gasteiger partial charge in [0, 0.05) is 5.54 Å². The number of rotatable bonds is 3. The van der Waals surface area contributed by atoms with Crippen LogP contribution in [0, 0.1) is 11.8 Å². The molecule has 0 saturated heterocycles. The first kappa shape index (κ1) is 12.5.